The van der Waals surface area contributed by atoms with Crippen molar-refractivity contribution in [3.05, 3.63) is 35.1 Å². The van der Waals surface area contributed by atoms with E-state index >= 15 is 0 Å². The van der Waals surface area contributed by atoms with Gasteiger partial charge in [0.25, 0.3) is 5.91 Å². The van der Waals surface area contributed by atoms with Gasteiger partial charge in [0, 0.05) is 49.1 Å². The zero-order valence-corrected chi connectivity index (χ0v) is 15.3. The molecule has 1 fully saturated rings. The van der Waals surface area contributed by atoms with Crippen LogP contribution in [0.25, 0.3) is 11.0 Å². The van der Waals surface area contributed by atoms with E-state index in [-0.39, 0.29) is 5.91 Å². The number of carbonyl (C=O) groups is 1. The van der Waals surface area contributed by atoms with E-state index in [9.17, 15) is 4.79 Å². The summed E-state index contributed by atoms with van der Waals surface area (Å²) in [5, 5.41) is 5.01. The van der Waals surface area contributed by atoms with E-state index in [1.54, 1.807) is 19.0 Å². The highest BCUT2D eigenvalue weighted by molar-refractivity contribution is 5.98. The lowest BCUT2D eigenvalue weighted by Crippen LogP contribution is -2.42. The van der Waals surface area contributed by atoms with E-state index in [2.05, 4.69) is 5.32 Å². The zero-order chi connectivity index (χ0) is 17.4. The molecule has 1 atom stereocenters. The van der Waals surface area contributed by atoms with Crippen LogP contribution in [0.2, 0.25) is 0 Å². The van der Waals surface area contributed by atoms with Crippen LogP contribution in [0.3, 0.4) is 0 Å². The Hall–Kier alpha value is -1.81. The first-order valence-electron chi connectivity index (χ1n) is 9.64. The van der Waals surface area contributed by atoms with Crippen molar-refractivity contribution in [2.24, 2.45) is 0 Å². The summed E-state index contributed by atoms with van der Waals surface area (Å²) in [7, 11) is 3.59. The lowest BCUT2D eigenvalue weighted by molar-refractivity contribution is 0.0828. The normalized spacial score (nSPS) is 21.3. The molecule has 1 amide bonds. The number of nitrogens with zero attached hydrogens (tertiary/aromatic N) is 1. The number of rotatable bonds is 3. The highest BCUT2D eigenvalue weighted by Crippen LogP contribution is 2.33. The predicted molar refractivity (Wildman–Crippen MR) is 100 cm³/mol. The van der Waals surface area contributed by atoms with Crippen molar-refractivity contribution in [1.82, 2.24) is 10.2 Å². The molecule has 0 aliphatic heterocycles. The van der Waals surface area contributed by atoms with Gasteiger partial charge in [-0.2, -0.15) is 0 Å². The summed E-state index contributed by atoms with van der Waals surface area (Å²) in [5.74, 6) is 1.16. The molecule has 25 heavy (non-hydrogen) atoms. The van der Waals surface area contributed by atoms with E-state index in [4.69, 9.17) is 4.42 Å². The Balaban J connectivity index is 1.58. The average molecular weight is 340 g/mol. The van der Waals surface area contributed by atoms with Gasteiger partial charge in [0.1, 0.15) is 11.3 Å². The van der Waals surface area contributed by atoms with Gasteiger partial charge < -0.3 is 14.6 Å². The van der Waals surface area contributed by atoms with Crippen molar-refractivity contribution in [2.75, 3.05) is 14.1 Å². The number of carbonyl (C=O) groups excluding carboxylic acids is 1. The summed E-state index contributed by atoms with van der Waals surface area (Å²) in [6.45, 7) is 0. The van der Waals surface area contributed by atoms with Gasteiger partial charge in [-0.1, -0.05) is 19.3 Å². The maximum atomic E-state index is 12.3. The van der Waals surface area contributed by atoms with Crippen molar-refractivity contribution >= 4 is 16.9 Å². The molecule has 1 aromatic carbocycles. The second-order valence-electron chi connectivity index (χ2n) is 7.86. The molecule has 2 aliphatic rings. The molecular formula is C21H28N2O2. The van der Waals surface area contributed by atoms with Crippen LogP contribution in [0.15, 0.2) is 22.6 Å². The summed E-state index contributed by atoms with van der Waals surface area (Å²) in [6.07, 6.45) is 9.90. The van der Waals surface area contributed by atoms with Crippen LogP contribution in [-0.2, 0) is 12.8 Å². The summed E-state index contributed by atoms with van der Waals surface area (Å²) >= 11 is 0. The standard InChI is InChI=1S/C21H28N2O2/c1-23(2)21(24)14-8-10-19-17(12-14)18-13-16(9-11-20(18)25-19)22-15-6-4-3-5-7-15/h8,10,12,15-16,22H,3-7,9,11,13H2,1-2H3. The van der Waals surface area contributed by atoms with Crippen LogP contribution >= 0.6 is 0 Å². The molecule has 134 valence electrons. The molecule has 2 aliphatic carbocycles. The largest absolute Gasteiger partial charge is 0.461 e. The molecule has 1 aromatic heterocycles. The van der Waals surface area contributed by atoms with Crippen molar-refractivity contribution in [3.63, 3.8) is 0 Å². The van der Waals surface area contributed by atoms with Crippen molar-refractivity contribution < 1.29 is 9.21 Å². The predicted octanol–water partition coefficient (Wildman–Crippen LogP) is 3.91. The Morgan fingerprint density at radius 1 is 1.12 bits per heavy atom. The second kappa shape index (κ2) is 6.83. The average Bonchev–Trinajstić information content (AvgIpc) is 2.99. The first-order valence-corrected chi connectivity index (χ1v) is 9.64. The lowest BCUT2D eigenvalue weighted by atomic mass is 9.89. The number of nitrogens with one attached hydrogen (secondary N) is 1. The minimum absolute atomic E-state index is 0.0459. The van der Waals surface area contributed by atoms with Crippen LogP contribution in [0.1, 0.15) is 60.2 Å². The van der Waals surface area contributed by atoms with Gasteiger partial charge in [-0.25, -0.2) is 0 Å². The molecule has 1 N–H and O–H groups in total. The van der Waals surface area contributed by atoms with Gasteiger partial charge in [-0.3, -0.25) is 4.79 Å². The van der Waals surface area contributed by atoms with Gasteiger partial charge in [0.2, 0.25) is 0 Å². The molecule has 4 nitrogen and oxygen atoms in total. The Morgan fingerprint density at radius 2 is 1.92 bits per heavy atom. The number of benzene rings is 1. The molecule has 0 radical (unpaired) electrons. The topological polar surface area (TPSA) is 45.5 Å². The van der Waals surface area contributed by atoms with Crippen LogP contribution in [0, 0.1) is 0 Å². The number of furan rings is 1. The summed E-state index contributed by atoms with van der Waals surface area (Å²) in [6, 6.07) is 7.06. The summed E-state index contributed by atoms with van der Waals surface area (Å²) < 4.78 is 6.07. The van der Waals surface area contributed by atoms with Gasteiger partial charge in [0.05, 0.1) is 0 Å². The van der Waals surface area contributed by atoms with E-state index < -0.39 is 0 Å². The summed E-state index contributed by atoms with van der Waals surface area (Å²) in [5.41, 5.74) is 2.96. The second-order valence-corrected chi connectivity index (χ2v) is 7.86. The Bertz CT molecular complexity index is 772. The summed E-state index contributed by atoms with van der Waals surface area (Å²) in [4.78, 5) is 13.9. The van der Waals surface area contributed by atoms with Gasteiger partial charge in [0.15, 0.2) is 0 Å². The molecule has 0 saturated heterocycles. The van der Waals surface area contributed by atoms with E-state index in [0.717, 1.165) is 41.6 Å². The first-order chi connectivity index (χ1) is 12.1. The molecule has 1 heterocycles. The third kappa shape index (κ3) is 3.32. The number of amides is 1. The molecule has 4 rings (SSSR count). The number of hydrogen-bond donors (Lipinski definition) is 1. The fourth-order valence-corrected chi connectivity index (χ4v) is 4.41. The highest BCUT2D eigenvalue weighted by Gasteiger charge is 2.27. The molecule has 0 spiro atoms. The molecule has 2 aromatic rings. The Labute approximate surface area is 149 Å². The SMILES string of the molecule is CN(C)C(=O)c1ccc2oc3c(c2c1)CC(NC1CCCCC1)CC3. The van der Waals surface area contributed by atoms with Gasteiger partial charge in [-0.05, 0) is 43.9 Å². The van der Waals surface area contributed by atoms with Crippen molar-refractivity contribution in [3.8, 4) is 0 Å². The maximum Gasteiger partial charge on any atom is 0.253 e. The lowest BCUT2D eigenvalue weighted by Gasteiger charge is -2.30. The molecule has 4 heteroatoms. The van der Waals surface area contributed by atoms with Crippen molar-refractivity contribution in [2.45, 2.75) is 63.5 Å². The quantitative estimate of drug-likeness (QED) is 0.921. The number of hydrogen-bond acceptors (Lipinski definition) is 3. The van der Waals surface area contributed by atoms with Gasteiger partial charge in [-0.15, -0.1) is 0 Å². The first kappa shape index (κ1) is 16.6. The van der Waals surface area contributed by atoms with E-state index in [0.29, 0.717) is 12.1 Å². The van der Waals surface area contributed by atoms with Crippen LogP contribution < -0.4 is 5.32 Å². The number of fused-ring (bicyclic) bond motifs is 3. The Morgan fingerprint density at radius 3 is 2.68 bits per heavy atom. The fourth-order valence-electron chi connectivity index (χ4n) is 4.41. The fraction of sp³-hybridized carbons (Fsp3) is 0.571. The van der Waals surface area contributed by atoms with E-state index in [1.165, 1.54) is 37.7 Å². The van der Waals surface area contributed by atoms with Crippen LogP contribution in [0.5, 0.6) is 0 Å². The third-order valence-corrected chi connectivity index (χ3v) is 5.77. The molecule has 0 bridgehead atoms. The molecule has 1 unspecified atom stereocenters. The minimum atomic E-state index is 0.0459. The molecule has 1 saturated carbocycles. The highest BCUT2D eigenvalue weighted by atomic mass is 16.3. The monoisotopic (exact) mass is 340 g/mol. The number of aryl methyl sites for hydroxylation is 1. The minimum Gasteiger partial charge on any atom is -0.461 e. The van der Waals surface area contributed by atoms with Crippen LogP contribution in [-0.4, -0.2) is 37.0 Å². The smallest absolute Gasteiger partial charge is 0.253 e. The van der Waals surface area contributed by atoms with Gasteiger partial charge >= 0.3 is 0 Å². The van der Waals surface area contributed by atoms with E-state index in [1.807, 2.05) is 18.2 Å². The third-order valence-electron chi connectivity index (χ3n) is 5.77. The Kier molecular flexibility index (Phi) is 4.55. The zero-order valence-electron chi connectivity index (χ0n) is 15.3. The van der Waals surface area contributed by atoms with Crippen molar-refractivity contribution in [1.29, 1.82) is 0 Å². The van der Waals surface area contributed by atoms with Crippen LogP contribution in [0.4, 0.5) is 0 Å². The maximum absolute atomic E-state index is 12.3. The molecular weight excluding hydrogens is 312 g/mol.